The Morgan fingerprint density at radius 2 is 1.44 bits per heavy atom. The first kappa shape index (κ1) is 22.3. The topological polar surface area (TPSA) is 114 Å². The van der Waals surface area contributed by atoms with Crippen LogP contribution in [0.2, 0.25) is 0 Å². The van der Waals surface area contributed by atoms with Gasteiger partial charge in [-0.3, -0.25) is 24.1 Å². The third-order valence-corrected chi connectivity index (χ3v) is 3.47. The molecule has 4 amide bonds. The van der Waals surface area contributed by atoms with Gasteiger partial charge in [0.05, 0.1) is 26.4 Å². The molecule has 0 radical (unpaired) electrons. The van der Waals surface area contributed by atoms with Crippen LogP contribution in [0.15, 0.2) is 12.2 Å². The molecule has 148 valence electrons. The molecule has 9 nitrogen and oxygen atoms in total. The van der Waals surface area contributed by atoms with Gasteiger partial charge in [0.1, 0.15) is 0 Å². The summed E-state index contributed by atoms with van der Waals surface area (Å²) in [5, 5.41) is 5.32. The van der Waals surface area contributed by atoms with Crippen molar-refractivity contribution in [1.82, 2.24) is 15.5 Å². The maximum absolute atomic E-state index is 11.6. The predicted octanol–water partition coefficient (Wildman–Crippen LogP) is -1.02. The fraction of sp³-hybridized carbons (Fsp3) is 0.556. The van der Waals surface area contributed by atoms with Crippen molar-refractivity contribution in [3.8, 4) is 12.3 Å². The van der Waals surface area contributed by atoms with Crippen LogP contribution in [0.4, 0.5) is 0 Å². The Bertz CT molecular complexity index is 578. The van der Waals surface area contributed by atoms with Gasteiger partial charge in [-0.05, 0) is 0 Å². The summed E-state index contributed by atoms with van der Waals surface area (Å²) in [7, 11) is 0. The van der Waals surface area contributed by atoms with Crippen LogP contribution in [0.5, 0.6) is 0 Å². The van der Waals surface area contributed by atoms with Crippen LogP contribution in [0.3, 0.4) is 0 Å². The monoisotopic (exact) mass is 379 g/mol. The lowest BCUT2D eigenvalue weighted by Gasteiger charge is -2.13. The van der Waals surface area contributed by atoms with Crippen molar-refractivity contribution in [2.75, 3.05) is 46.1 Å². The third kappa shape index (κ3) is 10.1. The minimum Gasteiger partial charge on any atom is -0.377 e. The van der Waals surface area contributed by atoms with Crippen LogP contribution in [-0.4, -0.2) is 74.6 Å². The summed E-state index contributed by atoms with van der Waals surface area (Å²) in [6, 6.07) is 0. The van der Waals surface area contributed by atoms with Crippen LogP contribution in [-0.2, 0) is 28.7 Å². The van der Waals surface area contributed by atoms with Gasteiger partial charge in [0.2, 0.25) is 11.8 Å². The molecule has 27 heavy (non-hydrogen) atoms. The summed E-state index contributed by atoms with van der Waals surface area (Å²) in [4.78, 5) is 46.6. The van der Waals surface area contributed by atoms with Crippen molar-refractivity contribution in [1.29, 1.82) is 0 Å². The average Bonchev–Trinajstić information content (AvgIpc) is 2.97. The molecule has 1 rings (SSSR count). The zero-order valence-corrected chi connectivity index (χ0v) is 15.2. The molecule has 0 unspecified atom stereocenters. The number of nitrogens with one attached hydrogen (secondary N) is 2. The van der Waals surface area contributed by atoms with Crippen molar-refractivity contribution in [2.24, 2.45) is 0 Å². The van der Waals surface area contributed by atoms with Crippen molar-refractivity contribution < 1.29 is 28.7 Å². The van der Waals surface area contributed by atoms with Crippen LogP contribution in [0.1, 0.15) is 19.3 Å². The van der Waals surface area contributed by atoms with Crippen LogP contribution >= 0.6 is 0 Å². The SMILES string of the molecule is C#CCCC(=O)NCCOCCOCCNC(=O)CCN1C(=O)C=CC1=O. The predicted molar refractivity (Wildman–Crippen MR) is 96.2 cm³/mol. The molecule has 0 fully saturated rings. The van der Waals surface area contributed by atoms with Gasteiger partial charge < -0.3 is 20.1 Å². The molecular weight excluding hydrogens is 354 g/mol. The number of ether oxygens (including phenoxy) is 2. The van der Waals surface area contributed by atoms with E-state index in [0.717, 1.165) is 4.90 Å². The number of carbonyl (C=O) groups is 4. The van der Waals surface area contributed by atoms with E-state index in [0.29, 0.717) is 52.4 Å². The van der Waals surface area contributed by atoms with Gasteiger partial charge in [0.25, 0.3) is 11.8 Å². The van der Waals surface area contributed by atoms with Gasteiger partial charge in [0.15, 0.2) is 0 Å². The second kappa shape index (κ2) is 13.5. The van der Waals surface area contributed by atoms with Crippen molar-refractivity contribution in [3.63, 3.8) is 0 Å². The Morgan fingerprint density at radius 1 is 0.926 bits per heavy atom. The van der Waals surface area contributed by atoms with Crippen molar-refractivity contribution in [2.45, 2.75) is 19.3 Å². The number of rotatable bonds is 14. The lowest BCUT2D eigenvalue weighted by atomic mass is 10.3. The van der Waals surface area contributed by atoms with E-state index in [1.807, 2.05) is 0 Å². The lowest BCUT2D eigenvalue weighted by molar-refractivity contribution is -0.137. The Kier molecular flexibility index (Phi) is 11.2. The highest BCUT2D eigenvalue weighted by atomic mass is 16.5. The highest BCUT2D eigenvalue weighted by Gasteiger charge is 2.23. The van der Waals surface area contributed by atoms with E-state index in [1.165, 1.54) is 12.2 Å². The lowest BCUT2D eigenvalue weighted by Crippen LogP contribution is -2.35. The van der Waals surface area contributed by atoms with Crippen LogP contribution < -0.4 is 10.6 Å². The van der Waals surface area contributed by atoms with Gasteiger partial charge in [0, 0.05) is 51.0 Å². The number of amides is 4. The fourth-order valence-corrected chi connectivity index (χ4v) is 2.07. The van der Waals surface area contributed by atoms with Gasteiger partial charge in [-0.15, -0.1) is 12.3 Å². The number of carbonyl (C=O) groups excluding carboxylic acids is 4. The van der Waals surface area contributed by atoms with Gasteiger partial charge in [-0.2, -0.15) is 0 Å². The number of imide groups is 1. The van der Waals surface area contributed by atoms with E-state index in [9.17, 15) is 19.2 Å². The molecule has 0 spiro atoms. The van der Waals surface area contributed by atoms with Crippen LogP contribution in [0, 0.1) is 12.3 Å². The Balaban J connectivity index is 1.88. The first-order valence-electron chi connectivity index (χ1n) is 8.70. The van der Waals surface area contributed by atoms with E-state index in [-0.39, 0.29) is 24.8 Å². The summed E-state index contributed by atoms with van der Waals surface area (Å²) in [6.45, 7) is 2.24. The second-order valence-electron chi connectivity index (χ2n) is 5.54. The second-order valence-corrected chi connectivity index (χ2v) is 5.54. The van der Waals surface area contributed by atoms with Crippen molar-refractivity contribution in [3.05, 3.63) is 12.2 Å². The van der Waals surface area contributed by atoms with E-state index in [1.54, 1.807) is 0 Å². The van der Waals surface area contributed by atoms with E-state index >= 15 is 0 Å². The van der Waals surface area contributed by atoms with E-state index < -0.39 is 11.8 Å². The third-order valence-electron chi connectivity index (χ3n) is 3.47. The average molecular weight is 379 g/mol. The Morgan fingerprint density at radius 3 is 1.96 bits per heavy atom. The molecule has 0 saturated carbocycles. The molecule has 0 atom stereocenters. The number of terminal acetylenes is 1. The maximum atomic E-state index is 11.6. The molecule has 0 aliphatic carbocycles. The summed E-state index contributed by atoms with van der Waals surface area (Å²) in [5.74, 6) is 1.24. The first-order valence-corrected chi connectivity index (χ1v) is 8.70. The molecule has 1 aliphatic rings. The molecule has 0 aromatic heterocycles. The quantitative estimate of drug-likeness (QED) is 0.227. The molecule has 9 heteroatoms. The van der Waals surface area contributed by atoms with Crippen LogP contribution in [0.25, 0.3) is 0 Å². The highest BCUT2D eigenvalue weighted by molar-refractivity contribution is 6.13. The molecule has 0 saturated heterocycles. The van der Waals surface area contributed by atoms with E-state index in [4.69, 9.17) is 15.9 Å². The Labute approximate surface area is 158 Å². The van der Waals surface area contributed by atoms with E-state index in [2.05, 4.69) is 16.6 Å². The normalized spacial score (nSPS) is 12.9. The molecule has 0 bridgehead atoms. The fourth-order valence-electron chi connectivity index (χ4n) is 2.07. The molecule has 2 N–H and O–H groups in total. The molecule has 0 aromatic carbocycles. The smallest absolute Gasteiger partial charge is 0.253 e. The summed E-state index contributed by atoms with van der Waals surface area (Å²) < 4.78 is 10.6. The molecule has 1 aliphatic heterocycles. The molecule has 0 aromatic rings. The zero-order chi connectivity index (χ0) is 19.9. The van der Waals surface area contributed by atoms with Crippen molar-refractivity contribution >= 4 is 23.6 Å². The minimum absolute atomic E-state index is 0.0509. The zero-order valence-electron chi connectivity index (χ0n) is 15.2. The number of nitrogens with zero attached hydrogens (tertiary/aromatic N) is 1. The first-order chi connectivity index (χ1) is 13.0. The van der Waals surface area contributed by atoms with Gasteiger partial charge in [-0.1, -0.05) is 0 Å². The summed E-state index contributed by atoms with van der Waals surface area (Å²) >= 11 is 0. The Hall–Kier alpha value is -2.70. The van der Waals surface area contributed by atoms with Gasteiger partial charge >= 0.3 is 0 Å². The highest BCUT2D eigenvalue weighted by Crippen LogP contribution is 2.03. The number of hydrogen-bond donors (Lipinski definition) is 2. The largest absolute Gasteiger partial charge is 0.377 e. The standard InChI is InChI=1S/C18H25N3O6/c1-2-3-4-15(22)19-8-11-26-13-14-27-12-9-20-16(23)7-10-21-17(24)5-6-18(21)25/h1,5-6H,3-4,7-14H2,(H,19,22)(H,20,23). The number of hydrogen-bond acceptors (Lipinski definition) is 6. The summed E-state index contributed by atoms with van der Waals surface area (Å²) in [5.41, 5.74) is 0. The maximum Gasteiger partial charge on any atom is 0.253 e. The summed E-state index contributed by atoms with van der Waals surface area (Å²) in [6.07, 6.45) is 8.22. The minimum atomic E-state index is -0.400. The van der Waals surface area contributed by atoms with Gasteiger partial charge in [-0.25, -0.2) is 0 Å². The molecular formula is C18H25N3O6. The molecule has 1 heterocycles.